The van der Waals surface area contributed by atoms with Crippen LogP contribution in [0.2, 0.25) is 0 Å². The number of likely N-dealkylation sites (tertiary alicyclic amines) is 1. The minimum absolute atomic E-state index is 0.263. The topological polar surface area (TPSA) is 40.5 Å². The zero-order valence-electron chi connectivity index (χ0n) is 9.96. The van der Waals surface area contributed by atoms with Gasteiger partial charge in [-0.2, -0.15) is 0 Å². The molecule has 0 saturated carbocycles. The highest BCUT2D eigenvalue weighted by Crippen LogP contribution is 2.21. The molecule has 3 heteroatoms. The Bertz CT molecular complexity index is 204. The molecule has 1 aliphatic rings. The fourth-order valence-corrected chi connectivity index (χ4v) is 1.92. The first kappa shape index (κ1) is 12.5. The molecule has 0 aromatic carbocycles. The van der Waals surface area contributed by atoms with Gasteiger partial charge in [-0.3, -0.25) is 4.79 Å². The fourth-order valence-electron chi connectivity index (χ4n) is 1.92. The van der Waals surface area contributed by atoms with Gasteiger partial charge in [0.25, 0.3) is 0 Å². The number of hydrogen-bond donors (Lipinski definition) is 1. The number of carbonyl (C=O) groups excluding carboxylic acids is 1. The number of aliphatic hydroxyl groups is 1. The zero-order valence-corrected chi connectivity index (χ0v) is 9.96. The van der Waals surface area contributed by atoms with Gasteiger partial charge in [-0.15, -0.1) is 0 Å². The van der Waals surface area contributed by atoms with Crippen LogP contribution < -0.4 is 0 Å². The quantitative estimate of drug-likeness (QED) is 0.725. The van der Waals surface area contributed by atoms with E-state index in [4.69, 9.17) is 0 Å². The maximum Gasteiger partial charge on any atom is 0.222 e. The largest absolute Gasteiger partial charge is 0.390 e. The molecule has 3 nitrogen and oxygen atoms in total. The maximum absolute atomic E-state index is 11.7. The van der Waals surface area contributed by atoms with Crippen LogP contribution in [0.5, 0.6) is 0 Å². The van der Waals surface area contributed by atoms with E-state index in [0.717, 1.165) is 32.4 Å². The highest BCUT2D eigenvalue weighted by atomic mass is 16.3. The zero-order chi connectivity index (χ0) is 11.3. The van der Waals surface area contributed by atoms with E-state index < -0.39 is 5.60 Å². The molecule has 88 valence electrons. The average Bonchev–Trinajstić information content (AvgIpc) is 2.18. The number of hydrogen-bond acceptors (Lipinski definition) is 2. The molecule has 1 N–H and O–H groups in total. The van der Waals surface area contributed by atoms with Crippen molar-refractivity contribution in [1.82, 2.24) is 4.90 Å². The summed E-state index contributed by atoms with van der Waals surface area (Å²) in [6, 6.07) is 0. The predicted octanol–water partition coefficient (Wildman–Crippen LogP) is 1.94. The molecule has 15 heavy (non-hydrogen) atoms. The van der Waals surface area contributed by atoms with Gasteiger partial charge in [0.05, 0.1) is 5.60 Å². The number of nitrogens with zero attached hydrogens (tertiary/aromatic N) is 1. The summed E-state index contributed by atoms with van der Waals surface area (Å²) in [5.41, 5.74) is -0.555. The van der Waals surface area contributed by atoms with Crippen molar-refractivity contribution in [2.45, 2.75) is 58.0 Å². The summed E-state index contributed by atoms with van der Waals surface area (Å²) >= 11 is 0. The number of unbranched alkanes of at least 4 members (excludes halogenated alkanes) is 2. The first-order valence-electron chi connectivity index (χ1n) is 6.05. The molecule has 1 aliphatic heterocycles. The second kappa shape index (κ2) is 5.50. The monoisotopic (exact) mass is 213 g/mol. The van der Waals surface area contributed by atoms with E-state index in [1.165, 1.54) is 0 Å². The molecule has 1 heterocycles. The van der Waals surface area contributed by atoms with Crippen LogP contribution in [0.3, 0.4) is 0 Å². The fraction of sp³-hybridized carbons (Fsp3) is 0.917. The Morgan fingerprint density at radius 3 is 2.47 bits per heavy atom. The SMILES string of the molecule is CCCCCC(=O)N1CCC(C)(O)CC1. The molecule has 0 spiro atoms. The lowest BCUT2D eigenvalue weighted by Crippen LogP contribution is -2.45. The van der Waals surface area contributed by atoms with Crippen molar-refractivity contribution in [3.05, 3.63) is 0 Å². The summed E-state index contributed by atoms with van der Waals surface area (Å²) in [7, 11) is 0. The van der Waals surface area contributed by atoms with E-state index in [-0.39, 0.29) is 5.91 Å². The Morgan fingerprint density at radius 2 is 1.93 bits per heavy atom. The van der Waals surface area contributed by atoms with Gasteiger partial charge in [0.2, 0.25) is 5.91 Å². The lowest BCUT2D eigenvalue weighted by molar-refractivity contribution is -0.135. The van der Waals surface area contributed by atoms with Gasteiger partial charge in [-0.1, -0.05) is 19.8 Å². The van der Waals surface area contributed by atoms with Crippen molar-refractivity contribution in [3.8, 4) is 0 Å². The van der Waals surface area contributed by atoms with Crippen LogP contribution in [-0.2, 0) is 4.79 Å². The third kappa shape index (κ3) is 4.20. The second-order valence-electron chi connectivity index (χ2n) is 4.83. The molecule has 1 fully saturated rings. The maximum atomic E-state index is 11.7. The molecule has 0 radical (unpaired) electrons. The van der Waals surface area contributed by atoms with E-state index >= 15 is 0 Å². The van der Waals surface area contributed by atoms with Crippen LogP contribution in [0.15, 0.2) is 0 Å². The summed E-state index contributed by atoms with van der Waals surface area (Å²) < 4.78 is 0. The number of amides is 1. The van der Waals surface area contributed by atoms with E-state index in [1.807, 2.05) is 11.8 Å². The molecule has 0 bridgehead atoms. The molecular formula is C12H23NO2. The van der Waals surface area contributed by atoms with Gasteiger partial charge in [-0.05, 0) is 26.2 Å². The van der Waals surface area contributed by atoms with Crippen LogP contribution in [0.25, 0.3) is 0 Å². The summed E-state index contributed by atoms with van der Waals surface area (Å²) in [6.07, 6.45) is 5.40. The summed E-state index contributed by atoms with van der Waals surface area (Å²) in [5, 5.41) is 9.75. The molecule has 0 aromatic rings. The first-order chi connectivity index (χ1) is 7.05. The van der Waals surface area contributed by atoms with Gasteiger partial charge >= 0.3 is 0 Å². The minimum atomic E-state index is -0.555. The molecule has 1 rings (SSSR count). The van der Waals surface area contributed by atoms with Crippen molar-refractivity contribution >= 4 is 5.91 Å². The van der Waals surface area contributed by atoms with Crippen LogP contribution in [-0.4, -0.2) is 34.6 Å². The van der Waals surface area contributed by atoms with E-state index in [2.05, 4.69) is 6.92 Å². The van der Waals surface area contributed by atoms with E-state index in [0.29, 0.717) is 19.3 Å². The van der Waals surface area contributed by atoms with Crippen molar-refractivity contribution < 1.29 is 9.90 Å². The Labute approximate surface area is 92.5 Å². The third-order valence-corrected chi connectivity index (χ3v) is 3.19. The highest BCUT2D eigenvalue weighted by Gasteiger charge is 2.28. The summed E-state index contributed by atoms with van der Waals surface area (Å²) in [4.78, 5) is 13.6. The smallest absolute Gasteiger partial charge is 0.222 e. The molecule has 0 unspecified atom stereocenters. The summed E-state index contributed by atoms with van der Waals surface area (Å²) in [6.45, 7) is 5.43. The molecule has 1 saturated heterocycles. The highest BCUT2D eigenvalue weighted by molar-refractivity contribution is 5.76. The van der Waals surface area contributed by atoms with Crippen molar-refractivity contribution in [3.63, 3.8) is 0 Å². The third-order valence-electron chi connectivity index (χ3n) is 3.19. The minimum Gasteiger partial charge on any atom is -0.390 e. The van der Waals surface area contributed by atoms with Crippen molar-refractivity contribution in [2.75, 3.05) is 13.1 Å². The van der Waals surface area contributed by atoms with E-state index in [1.54, 1.807) is 0 Å². The standard InChI is InChI=1S/C12H23NO2/c1-3-4-5-6-11(14)13-9-7-12(2,15)8-10-13/h15H,3-10H2,1-2H3. The Morgan fingerprint density at radius 1 is 1.33 bits per heavy atom. The van der Waals surface area contributed by atoms with Gasteiger partial charge < -0.3 is 10.0 Å². The normalized spacial score (nSPS) is 20.3. The lowest BCUT2D eigenvalue weighted by atomic mass is 9.93. The van der Waals surface area contributed by atoms with Gasteiger partial charge in [0.15, 0.2) is 0 Å². The molecule has 0 aliphatic carbocycles. The van der Waals surface area contributed by atoms with E-state index in [9.17, 15) is 9.90 Å². The predicted molar refractivity (Wildman–Crippen MR) is 60.6 cm³/mol. The van der Waals surface area contributed by atoms with Gasteiger partial charge in [-0.25, -0.2) is 0 Å². The molecule has 1 amide bonds. The van der Waals surface area contributed by atoms with Gasteiger partial charge in [0, 0.05) is 19.5 Å². The Hall–Kier alpha value is -0.570. The summed E-state index contributed by atoms with van der Waals surface area (Å²) in [5.74, 6) is 0.263. The number of rotatable bonds is 4. The lowest BCUT2D eigenvalue weighted by Gasteiger charge is -2.35. The van der Waals surface area contributed by atoms with Crippen LogP contribution in [0, 0.1) is 0 Å². The second-order valence-corrected chi connectivity index (χ2v) is 4.83. The molecule has 0 atom stereocenters. The first-order valence-corrected chi connectivity index (χ1v) is 6.05. The number of carbonyl (C=O) groups is 1. The van der Waals surface area contributed by atoms with Crippen LogP contribution in [0.4, 0.5) is 0 Å². The van der Waals surface area contributed by atoms with Crippen LogP contribution >= 0.6 is 0 Å². The van der Waals surface area contributed by atoms with Crippen molar-refractivity contribution in [1.29, 1.82) is 0 Å². The molecule has 0 aromatic heterocycles. The number of piperidine rings is 1. The average molecular weight is 213 g/mol. The Balaban J connectivity index is 2.24. The molecular weight excluding hydrogens is 190 g/mol. The Kier molecular flexibility index (Phi) is 4.58. The van der Waals surface area contributed by atoms with Gasteiger partial charge in [0.1, 0.15) is 0 Å². The van der Waals surface area contributed by atoms with Crippen LogP contribution in [0.1, 0.15) is 52.4 Å². The van der Waals surface area contributed by atoms with Crippen molar-refractivity contribution in [2.24, 2.45) is 0 Å².